The molecule has 4 rings (SSSR count). The maximum Gasteiger partial charge on any atom is 0.0929 e. The third kappa shape index (κ3) is 3.80. The Labute approximate surface area is 192 Å². The molecule has 0 saturated heterocycles. The Hall–Kier alpha value is -2.43. The minimum absolute atomic E-state index is 0.0194. The van der Waals surface area contributed by atoms with Crippen molar-refractivity contribution in [2.45, 2.75) is 77.8 Å². The van der Waals surface area contributed by atoms with Gasteiger partial charge < -0.3 is 10.4 Å². The van der Waals surface area contributed by atoms with Crippen LogP contribution in [0.1, 0.15) is 72.5 Å². The average molecular weight is 432 g/mol. The number of nitrogens with zero attached hydrogens (tertiary/aromatic N) is 1. The van der Waals surface area contributed by atoms with Gasteiger partial charge in [-0.1, -0.05) is 62.2 Å². The number of hydrogen-bond donors (Lipinski definition) is 3. The van der Waals surface area contributed by atoms with Gasteiger partial charge >= 0.3 is 0 Å². The Bertz CT molecular complexity index is 1060. The van der Waals surface area contributed by atoms with E-state index in [1.807, 2.05) is 0 Å². The molecule has 32 heavy (non-hydrogen) atoms. The highest BCUT2D eigenvalue weighted by Crippen LogP contribution is 2.49. The molecule has 0 radical (unpaired) electrons. The number of benzene rings is 2. The molecule has 170 valence electrons. The summed E-state index contributed by atoms with van der Waals surface area (Å²) in [6.07, 6.45) is 3.08. The molecule has 0 saturated carbocycles. The van der Waals surface area contributed by atoms with E-state index in [0.29, 0.717) is 0 Å². The van der Waals surface area contributed by atoms with Gasteiger partial charge in [-0.15, -0.1) is 0 Å². The zero-order valence-corrected chi connectivity index (χ0v) is 20.1. The number of aromatic nitrogens is 2. The SMILES string of the molecule is CCCC(CC)(c1cc(-c2c(C)cc(C)cc2C)n[nH]1)C1c2ccccc2CNC1CO. The molecule has 3 N–H and O–H groups in total. The van der Waals surface area contributed by atoms with Gasteiger partial charge in [-0.3, -0.25) is 5.10 Å². The van der Waals surface area contributed by atoms with Crippen molar-refractivity contribution in [2.75, 3.05) is 6.61 Å². The van der Waals surface area contributed by atoms with Gasteiger partial charge in [0.1, 0.15) is 0 Å². The average Bonchev–Trinajstić information content (AvgIpc) is 3.26. The molecular weight excluding hydrogens is 394 g/mol. The summed E-state index contributed by atoms with van der Waals surface area (Å²) >= 11 is 0. The molecule has 0 bridgehead atoms. The smallest absolute Gasteiger partial charge is 0.0929 e. The zero-order valence-electron chi connectivity index (χ0n) is 20.1. The minimum Gasteiger partial charge on any atom is -0.395 e. The first-order chi connectivity index (χ1) is 15.4. The van der Waals surface area contributed by atoms with Crippen LogP contribution in [0.5, 0.6) is 0 Å². The van der Waals surface area contributed by atoms with Gasteiger partial charge in [-0.25, -0.2) is 0 Å². The molecule has 0 fully saturated rings. The summed E-state index contributed by atoms with van der Waals surface area (Å²) in [6, 6.07) is 15.5. The second-order valence-corrected chi connectivity index (χ2v) is 9.55. The molecule has 0 aliphatic carbocycles. The largest absolute Gasteiger partial charge is 0.395 e. The predicted octanol–water partition coefficient (Wildman–Crippen LogP) is 5.70. The maximum atomic E-state index is 10.4. The number of aromatic amines is 1. The highest BCUT2D eigenvalue weighted by atomic mass is 16.3. The van der Waals surface area contributed by atoms with Crippen molar-refractivity contribution in [3.05, 3.63) is 76.0 Å². The summed E-state index contributed by atoms with van der Waals surface area (Å²) in [4.78, 5) is 0. The van der Waals surface area contributed by atoms with E-state index >= 15 is 0 Å². The first kappa shape index (κ1) is 22.8. The highest BCUT2D eigenvalue weighted by Gasteiger charge is 2.46. The van der Waals surface area contributed by atoms with Crippen LogP contribution in [0.3, 0.4) is 0 Å². The van der Waals surface area contributed by atoms with Gasteiger partial charge in [0.2, 0.25) is 0 Å². The van der Waals surface area contributed by atoms with Gasteiger partial charge in [0.25, 0.3) is 0 Å². The Morgan fingerprint density at radius 1 is 1.06 bits per heavy atom. The Balaban J connectivity index is 1.87. The van der Waals surface area contributed by atoms with Crippen molar-refractivity contribution in [1.29, 1.82) is 0 Å². The second kappa shape index (κ2) is 9.21. The molecule has 1 aromatic heterocycles. The van der Waals surface area contributed by atoms with Crippen LogP contribution in [0.25, 0.3) is 11.3 Å². The van der Waals surface area contributed by atoms with E-state index in [2.05, 4.69) is 87.5 Å². The molecule has 2 aromatic carbocycles. The van der Waals surface area contributed by atoms with Crippen molar-refractivity contribution < 1.29 is 5.11 Å². The van der Waals surface area contributed by atoms with Crippen LogP contribution in [-0.2, 0) is 12.0 Å². The van der Waals surface area contributed by atoms with Crippen molar-refractivity contribution >= 4 is 0 Å². The molecule has 1 aliphatic rings. The van der Waals surface area contributed by atoms with E-state index in [0.717, 1.165) is 31.5 Å². The molecule has 1 aliphatic heterocycles. The molecule has 4 nitrogen and oxygen atoms in total. The van der Waals surface area contributed by atoms with E-state index in [1.54, 1.807) is 0 Å². The molecular formula is C28H37N3O. The summed E-state index contributed by atoms with van der Waals surface area (Å²) < 4.78 is 0. The van der Waals surface area contributed by atoms with E-state index in [9.17, 15) is 5.11 Å². The van der Waals surface area contributed by atoms with Crippen LogP contribution in [-0.4, -0.2) is 28.0 Å². The fraction of sp³-hybridized carbons (Fsp3) is 0.464. The fourth-order valence-corrected chi connectivity index (χ4v) is 6.21. The lowest BCUT2D eigenvalue weighted by Gasteiger charge is -2.47. The van der Waals surface area contributed by atoms with Gasteiger partial charge in [0.05, 0.1) is 12.3 Å². The molecule has 4 heteroatoms. The molecule has 0 spiro atoms. The van der Waals surface area contributed by atoms with Crippen LogP contribution >= 0.6 is 0 Å². The summed E-state index contributed by atoms with van der Waals surface area (Å²) in [5.74, 6) is 0.177. The molecule has 3 aromatic rings. The Morgan fingerprint density at radius 3 is 2.44 bits per heavy atom. The summed E-state index contributed by atoms with van der Waals surface area (Å²) in [7, 11) is 0. The molecule has 3 unspecified atom stereocenters. The highest BCUT2D eigenvalue weighted by molar-refractivity contribution is 5.68. The molecule has 3 atom stereocenters. The monoisotopic (exact) mass is 431 g/mol. The molecule has 2 heterocycles. The van der Waals surface area contributed by atoms with Crippen LogP contribution in [0.4, 0.5) is 0 Å². The van der Waals surface area contributed by atoms with Gasteiger partial charge in [-0.2, -0.15) is 5.10 Å². The number of hydrogen-bond acceptors (Lipinski definition) is 3. The lowest BCUT2D eigenvalue weighted by Crippen LogP contribution is -2.51. The second-order valence-electron chi connectivity index (χ2n) is 9.55. The minimum atomic E-state index is -0.135. The lowest BCUT2D eigenvalue weighted by molar-refractivity contribution is 0.158. The van der Waals surface area contributed by atoms with Gasteiger partial charge in [0.15, 0.2) is 0 Å². The van der Waals surface area contributed by atoms with Crippen LogP contribution in [0.15, 0.2) is 42.5 Å². The van der Waals surface area contributed by atoms with Crippen molar-refractivity contribution in [2.24, 2.45) is 0 Å². The third-order valence-corrected chi connectivity index (χ3v) is 7.51. The summed E-state index contributed by atoms with van der Waals surface area (Å²) in [6.45, 7) is 12.0. The van der Waals surface area contributed by atoms with E-state index in [4.69, 9.17) is 5.10 Å². The number of nitrogens with one attached hydrogen (secondary N) is 2. The topological polar surface area (TPSA) is 60.9 Å². The van der Waals surface area contributed by atoms with E-state index in [1.165, 1.54) is 39.1 Å². The van der Waals surface area contributed by atoms with Crippen LogP contribution < -0.4 is 5.32 Å². The van der Waals surface area contributed by atoms with Crippen LogP contribution in [0.2, 0.25) is 0 Å². The van der Waals surface area contributed by atoms with Crippen LogP contribution in [0, 0.1) is 20.8 Å². The molecule has 0 amide bonds. The summed E-state index contributed by atoms with van der Waals surface area (Å²) in [5.41, 5.74) is 9.78. The number of H-pyrrole nitrogens is 1. The van der Waals surface area contributed by atoms with Gasteiger partial charge in [-0.05, 0) is 61.9 Å². The number of rotatable bonds is 7. The quantitative estimate of drug-likeness (QED) is 0.450. The Kier molecular flexibility index (Phi) is 6.55. The van der Waals surface area contributed by atoms with E-state index in [-0.39, 0.29) is 24.0 Å². The van der Waals surface area contributed by atoms with E-state index < -0.39 is 0 Å². The predicted molar refractivity (Wildman–Crippen MR) is 132 cm³/mol. The first-order valence-corrected chi connectivity index (χ1v) is 12.0. The van der Waals surface area contributed by atoms with Gasteiger partial charge in [0, 0.05) is 35.2 Å². The van der Waals surface area contributed by atoms with Crippen molar-refractivity contribution in [3.8, 4) is 11.3 Å². The normalized spacial score (nSPS) is 20.1. The fourth-order valence-electron chi connectivity index (χ4n) is 6.21. The van der Waals surface area contributed by atoms with Crippen molar-refractivity contribution in [3.63, 3.8) is 0 Å². The maximum absolute atomic E-state index is 10.4. The standard InChI is InChI=1S/C28H37N3O/c1-6-12-28(7-2,27-22-11-9-8-10-21(22)16-29-24(27)17-32)25-15-23(30-31-25)26-19(4)13-18(3)14-20(26)5/h8-11,13-15,24,27,29,32H,6-7,12,16-17H2,1-5H3,(H,30,31). The third-order valence-electron chi connectivity index (χ3n) is 7.51. The Morgan fingerprint density at radius 2 is 1.78 bits per heavy atom. The number of fused-ring (bicyclic) bond motifs is 1. The number of aliphatic hydroxyl groups excluding tert-OH is 1. The lowest BCUT2D eigenvalue weighted by atomic mass is 9.61. The number of aliphatic hydroxyl groups is 1. The van der Waals surface area contributed by atoms with Crippen molar-refractivity contribution in [1.82, 2.24) is 15.5 Å². The first-order valence-electron chi connectivity index (χ1n) is 12.0. The summed E-state index contributed by atoms with van der Waals surface area (Å²) in [5, 5.41) is 22.3. The zero-order chi connectivity index (χ0) is 22.9. The number of aryl methyl sites for hydroxylation is 3.